The van der Waals surface area contributed by atoms with Gasteiger partial charge in [-0.25, -0.2) is 0 Å². The maximum absolute atomic E-state index is 14.1. The van der Waals surface area contributed by atoms with E-state index < -0.39 is 24.0 Å². The molecule has 0 spiro atoms. The molecule has 1 aromatic carbocycles. The molecule has 0 saturated carbocycles. The van der Waals surface area contributed by atoms with E-state index >= 15 is 0 Å². The van der Waals surface area contributed by atoms with E-state index in [4.69, 9.17) is 12.5 Å². The number of hydrogen-bond donors (Lipinski definition) is 1. The summed E-state index contributed by atoms with van der Waals surface area (Å²) in [4.78, 5) is 21.8. The number of nitrogens with one attached hydrogen (secondary N) is 1. The van der Waals surface area contributed by atoms with Gasteiger partial charge in [0.2, 0.25) is 0 Å². The Bertz CT molecular complexity index is 1580. The predicted octanol–water partition coefficient (Wildman–Crippen LogP) is 6.82. The van der Waals surface area contributed by atoms with E-state index in [2.05, 4.69) is 17.2 Å². The van der Waals surface area contributed by atoms with Gasteiger partial charge in [0.05, 0.1) is 0 Å². The number of alkyl halides is 4. The molecule has 0 bridgehead atoms. The number of likely N-dealkylation sites (tertiary alicyclic amines) is 1. The molecule has 2 aliphatic heterocycles. The van der Waals surface area contributed by atoms with Crippen molar-refractivity contribution in [3.05, 3.63) is 76.3 Å². The van der Waals surface area contributed by atoms with Crippen LogP contribution in [-0.2, 0) is 11.3 Å². The second-order valence-corrected chi connectivity index (χ2v) is 13.3. The van der Waals surface area contributed by atoms with E-state index in [0.29, 0.717) is 30.8 Å². The van der Waals surface area contributed by atoms with Gasteiger partial charge in [-0.1, -0.05) is 19.9 Å². The predicted molar refractivity (Wildman–Crippen MR) is 181 cm³/mol. The van der Waals surface area contributed by atoms with Crippen molar-refractivity contribution in [3.63, 3.8) is 0 Å². The van der Waals surface area contributed by atoms with E-state index in [1.165, 1.54) is 11.1 Å². The molecule has 10 heteroatoms. The summed E-state index contributed by atoms with van der Waals surface area (Å²) in [6.45, 7) is 13.1. The molecule has 1 radical (unpaired) electrons. The zero-order valence-corrected chi connectivity index (χ0v) is 28.1. The molecule has 3 heterocycles. The number of benzene rings is 1. The molecular weight excluding hydrogens is 603 g/mol. The summed E-state index contributed by atoms with van der Waals surface area (Å²) in [7, 11) is 6.23. The number of allylic oxidation sites excluding steroid dienone is 1. The Morgan fingerprint density at radius 1 is 1.15 bits per heavy atom. The molecule has 47 heavy (non-hydrogen) atoms. The summed E-state index contributed by atoms with van der Waals surface area (Å²) in [6, 6.07) is 9.12. The third-order valence-corrected chi connectivity index (χ3v) is 8.36. The first kappa shape index (κ1) is 36.1. The second-order valence-electron chi connectivity index (χ2n) is 13.3. The number of pyridine rings is 1. The number of amides is 1. The Morgan fingerprint density at radius 2 is 1.85 bits per heavy atom. The number of rotatable bonds is 10. The van der Waals surface area contributed by atoms with Crippen LogP contribution >= 0.6 is 0 Å². The SMILES string of the molecule is [B]=C1C=C(C(F)(F)F)C(CCN2CCC(F)C2)=CN1C(CC(C)C)C(=O)NCc1cc(-c2c(C)cccc2C)cc(C#CC(C)C)n1. The van der Waals surface area contributed by atoms with Crippen molar-refractivity contribution in [1.29, 1.82) is 0 Å². The molecule has 249 valence electrons. The first-order chi connectivity index (χ1) is 22.1. The quantitative estimate of drug-likeness (QED) is 0.175. The summed E-state index contributed by atoms with van der Waals surface area (Å²) < 4.78 is 56.0. The Labute approximate surface area is 277 Å². The molecule has 1 saturated heterocycles. The van der Waals surface area contributed by atoms with Gasteiger partial charge in [0.1, 0.15) is 0 Å². The fourth-order valence-corrected chi connectivity index (χ4v) is 6.09. The fourth-order valence-electron chi connectivity index (χ4n) is 6.09. The van der Waals surface area contributed by atoms with Crippen LogP contribution in [0.4, 0.5) is 17.6 Å². The zero-order valence-electron chi connectivity index (χ0n) is 28.1. The van der Waals surface area contributed by atoms with Gasteiger partial charge >= 0.3 is 258 Å². The van der Waals surface area contributed by atoms with E-state index in [9.17, 15) is 22.4 Å². The third-order valence-electron chi connectivity index (χ3n) is 8.36. The standard InChI is InChI=1S/C37H44BF4N4O/c1-23(2)10-11-30-17-28(35-25(5)8-7-9-26(35)6)18-31(44-30)20-43-36(47)33(16-24(3)4)46-21-27(12-14-45-15-13-29(39)22-45)32(19-34(46)38)37(40,41)42/h7-9,17-19,21,23-24,29,33H,12-16,20,22H2,1-6H3,(H,43,47). The van der Waals surface area contributed by atoms with Crippen LogP contribution in [0.3, 0.4) is 0 Å². The molecule has 5 nitrogen and oxygen atoms in total. The van der Waals surface area contributed by atoms with Crippen molar-refractivity contribution in [2.24, 2.45) is 11.8 Å². The van der Waals surface area contributed by atoms with Gasteiger partial charge in [0.25, 0.3) is 0 Å². The van der Waals surface area contributed by atoms with Crippen LogP contribution in [0.25, 0.3) is 11.1 Å². The summed E-state index contributed by atoms with van der Waals surface area (Å²) in [5.41, 5.74) is 4.44. The number of aromatic nitrogens is 1. The molecule has 1 aromatic heterocycles. The molecular formula is C37H44BF4N4O. The number of nitrogens with zero attached hydrogens (tertiary/aromatic N) is 3. The first-order valence-electron chi connectivity index (χ1n) is 16.3. The van der Waals surface area contributed by atoms with Gasteiger partial charge in [-0.2, -0.15) is 0 Å². The van der Waals surface area contributed by atoms with Crippen molar-refractivity contribution in [1.82, 2.24) is 20.1 Å². The van der Waals surface area contributed by atoms with Gasteiger partial charge in [-0.15, -0.1) is 0 Å². The van der Waals surface area contributed by atoms with Gasteiger partial charge in [0, 0.05) is 0 Å². The van der Waals surface area contributed by atoms with Crippen LogP contribution in [0.1, 0.15) is 69.5 Å². The van der Waals surface area contributed by atoms with E-state index in [-0.39, 0.29) is 55.0 Å². The molecule has 2 atom stereocenters. The number of carbonyl (C=O) groups excluding carboxylic acids is 1. The zero-order chi connectivity index (χ0) is 34.5. The Balaban J connectivity index is 1.62. The Kier molecular flexibility index (Phi) is 11.9. The number of halogens is 4. The van der Waals surface area contributed by atoms with Crippen LogP contribution in [-0.4, -0.2) is 71.8 Å². The van der Waals surface area contributed by atoms with Crippen molar-refractivity contribution in [2.75, 3.05) is 19.6 Å². The normalized spacial score (nSPS) is 17.8. The van der Waals surface area contributed by atoms with Crippen molar-refractivity contribution in [3.8, 4) is 23.0 Å². The molecule has 2 aliphatic rings. The van der Waals surface area contributed by atoms with Crippen LogP contribution < -0.4 is 5.32 Å². The van der Waals surface area contributed by atoms with Crippen molar-refractivity contribution >= 4 is 19.0 Å². The Hall–Kier alpha value is -3.71. The molecule has 0 aliphatic carbocycles. The van der Waals surface area contributed by atoms with Gasteiger partial charge in [-0.3, -0.25) is 0 Å². The van der Waals surface area contributed by atoms with Crippen molar-refractivity contribution < 1.29 is 22.4 Å². The molecule has 2 unspecified atom stereocenters. The van der Waals surface area contributed by atoms with Crippen molar-refractivity contribution in [2.45, 2.75) is 85.7 Å². The minimum absolute atomic E-state index is 0.0203. The van der Waals surface area contributed by atoms with Gasteiger partial charge in [-0.05, 0) is 0 Å². The molecule has 4 rings (SSSR count). The second kappa shape index (κ2) is 15.5. The first-order valence-corrected chi connectivity index (χ1v) is 16.3. The fraction of sp³-hybridized carbons (Fsp3) is 0.486. The van der Waals surface area contributed by atoms with E-state index in [1.54, 1.807) is 0 Å². The van der Waals surface area contributed by atoms with Gasteiger partial charge < -0.3 is 0 Å². The molecule has 1 fully saturated rings. The third kappa shape index (κ3) is 9.66. The average molecular weight is 648 g/mol. The number of hydrogen-bond acceptors (Lipinski definition) is 4. The van der Waals surface area contributed by atoms with Crippen LogP contribution in [0.5, 0.6) is 0 Å². The van der Waals surface area contributed by atoms with E-state index in [0.717, 1.165) is 28.3 Å². The van der Waals surface area contributed by atoms with E-state index in [1.807, 2.05) is 76.8 Å². The summed E-state index contributed by atoms with van der Waals surface area (Å²) >= 11 is 0. The molecule has 2 aromatic rings. The monoisotopic (exact) mass is 647 g/mol. The Morgan fingerprint density at radius 3 is 2.45 bits per heavy atom. The summed E-state index contributed by atoms with van der Waals surface area (Å²) in [5, 5.41) is 2.98. The topological polar surface area (TPSA) is 48.5 Å². The summed E-state index contributed by atoms with van der Waals surface area (Å²) in [5.74, 6) is 6.12. The van der Waals surface area contributed by atoms with Crippen LogP contribution in [0, 0.1) is 37.5 Å². The minimum atomic E-state index is -4.63. The number of aryl methyl sites for hydroxylation is 2. The summed E-state index contributed by atoms with van der Waals surface area (Å²) in [6.07, 6.45) is -2.57. The van der Waals surface area contributed by atoms with Crippen LogP contribution in [0.2, 0.25) is 0 Å². The maximum atomic E-state index is 14.1. The average Bonchev–Trinajstić information content (AvgIpc) is 3.41. The molecule has 1 amide bonds. The van der Waals surface area contributed by atoms with Crippen LogP contribution in [0.15, 0.2) is 53.8 Å². The number of carbonyl (C=O) groups is 1. The molecule has 1 N–H and O–H groups in total. The van der Waals surface area contributed by atoms with Gasteiger partial charge in [0.15, 0.2) is 0 Å².